The van der Waals surface area contributed by atoms with Crippen molar-refractivity contribution < 1.29 is 9.53 Å². The summed E-state index contributed by atoms with van der Waals surface area (Å²) >= 11 is 5.85. The number of esters is 1. The normalized spacial score (nSPS) is 28.4. The van der Waals surface area contributed by atoms with Gasteiger partial charge in [-0.15, -0.1) is 0 Å². The number of carbonyl (C=O) groups is 1. The molecule has 0 spiro atoms. The van der Waals surface area contributed by atoms with Crippen LogP contribution in [0.15, 0.2) is 30.8 Å². The zero-order valence-corrected chi connectivity index (χ0v) is 13.0. The van der Waals surface area contributed by atoms with Gasteiger partial charge < -0.3 is 9.64 Å². The van der Waals surface area contributed by atoms with Crippen molar-refractivity contribution in [2.45, 2.75) is 43.9 Å². The van der Waals surface area contributed by atoms with E-state index in [1.54, 1.807) is 24.3 Å². The SMILES string of the molecule is C=C(C(=O)OC1C[C@H]2CC[C@@H](C1)N2C)c1ccc(Cl)cc1. The van der Waals surface area contributed by atoms with Crippen LogP contribution in [0, 0.1) is 0 Å². The van der Waals surface area contributed by atoms with E-state index < -0.39 is 0 Å². The first-order valence-electron chi connectivity index (χ1n) is 7.42. The molecule has 21 heavy (non-hydrogen) atoms. The molecule has 3 nitrogen and oxygen atoms in total. The van der Waals surface area contributed by atoms with Crippen LogP contribution in [0.1, 0.15) is 31.2 Å². The molecule has 3 atom stereocenters. The summed E-state index contributed by atoms with van der Waals surface area (Å²) in [5, 5.41) is 0.645. The quantitative estimate of drug-likeness (QED) is 0.632. The maximum Gasteiger partial charge on any atom is 0.338 e. The summed E-state index contributed by atoms with van der Waals surface area (Å²) in [7, 11) is 2.17. The van der Waals surface area contributed by atoms with Gasteiger partial charge in [0, 0.05) is 29.9 Å². The third-order valence-electron chi connectivity index (χ3n) is 4.77. The van der Waals surface area contributed by atoms with Gasteiger partial charge in [-0.3, -0.25) is 0 Å². The van der Waals surface area contributed by atoms with Crippen molar-refractivity contribution in [1.29, 1.82) is 0 Å². The molecular weight excluding hydrogens is 286 g/mol. The Balaban J connectivity index is 1.61. The highest BCUT2D eigenvalue weighted by atomic mass is 35.5. The Kier molecular flexibility index (Phi) is 4.05. The van der Waals surface area contributed by atoms with Gasteiger partial charge in [0.15, 0.2) is 0 Å². The Bertz CT molecular complexity index is 540. The molecule has 2 fully saturated rings. The second-order valence-corrected chi connectivity index (χ2v) is 6.47. The van der Waals surface area contributed by atoms with Crippen LogP contribution in [-0.4, -0.2) is 36.1 Å². The van der Waals surface area contributed by atoms with Gasteiger partial charge in [-0.1, -0.05) is 30.3 Å². The average molecular weight is 306 g/mol. The zero-order chi connectivity index (χ0) is 15.0. The fraction of sp³-hybridized carbons (Fsp3) is 0.471. The van der Waals surface area contributed by atoms with E-state index in [0.29, 0.717) is 22.7 Å². The minimum atomic E-state index is -0.314. The molecule has 0 amide bonds. The highest BCUT2D eigenvalue weighted by molar-refractivity contribution is 6.30. The van der Waals surface area contributed by atoms with Crippen molar-refractivity contribution in [3.8, 4) is 0 Å². The Morgan fingerprint density at radius 3 is 2.38 bits per heavy atom. The van der Waals surface area contributed by atoms with E-state index in [0.717, 1.165) is 18.4 Å². The zero-order valence-electron chi connectivity index (χ0n) is 12.2. The number of rotatable bonds is 3. The predicted molar refractivity (Wildman–Crippen MR) is 84.2 cm³/mol. The van der Waals surface area contributed by atoms with E-state index in [4.69, 9.17) is 16.3 Å². The van der Waals surface area contributed by atoms with Crippen LogP contribution in [-0.2, 0) is 9.53 Å². The number of hydrogen-bond acceptors (Lipinski definition) is 3. The monoisotopic (exact) mass is 305 g/mol. The number of fused-ring (bicyclic) bond motifs is 2. The Morgan fingerprint density at radius 2 is 1.81 bits per heavy atom. The van der Waals surface area contributed by atoms with Crippen LogP contribution in [0.25, 0.3) is 5.57 Å². The van der Waals surface area contributed by atoms with Crippen molar-refractivity contribution >= 4 is 23.1 Å². The molecule has 2 aliphatic heterocycles. The smallest absolute Gasteiger partial charge is 0.338 e. The van der Waals surface area contributed by atoms with Crippen LogP contribution >= 0.6 is 11.6 Å². The highest BCUT2D eigenvalue weighted by Crippen LogP contribution is 2.35. The number of carbonyl (C=O) groups excluding carboxylic acids is 1. The summed E-state index contributed by atoms with van der Waals surface area (Å²) in [5.41, 5.74) is 1.17. The summed E-state index contributed by atoms with van der Waals surface area (Å²) < 4.78 is 5.67. The Hall–Kier alpha value is -1.32. The van der Waals surface area contributed by atoms with Gasteiger partial charge in [-0.25, -0.2) is 4.79 Å². The van der Waals surface area contributed by atoms with E-state index in [1.807, 2.05) is 0 Å². The average Bonchev–Trinajstić information content (AvgIpc) is 2.69. The summed E-state index contributed by atoms with van der Waals surface area (Å²) in [6, 6.07) is 8.22. The van der Waals surface area contributed by atoms with Gasteiger partial charge in [0.2, 0.25) is 0 Å². The van der Waals surface area contributed by atoms with Crippen LogP contribution in [0.2, 0.25) is 5.02 Å². The van der Waals surface area contributed by atoms with Crippen LogP contribution in [0.3, 0.4) is 0 Å². The second-order valence-electron chi connectivity index (χ2n) is 6.03. The van der Waals surface area contributed by atoms with Crippen molar-refractivity contribution in [3.05, 3.63) is 41.4 Å². The topological polar surface area (TPSA) is 29.5 Å². The van der Waals surface area contributed by atoms with Gasteiger partial charge in [-0.05, 0) is 37.6 Å². The Morgan fingerprint density at radius 1 is 1.24 bits per heavy atom. The third-order valence-corrected chi connectivity index (χ3v) is 5.02. The molecule has 2 heterocycles. The molecule has 0 N–H and O–H groups in total. The number of piperidine rings is 1. The standard InChI is InChI=1S/C17H20ClNO2/c1-11(12-3-5-13(18)6-4-12)17(20)21-16-9-14-7-8-15(10-16)19(14)2/h3-6,14-16H,1,7-10H2,2H3/t14-,15+,16?. The molecule has 4 heteroatoms. The predicted octanol–water partition coefficient (Wildman–Crippen LogP) is 3.52. The molecule has 112 valence electrons. The number of benzene rings is 1. The highest BCUT2D eigenvalue weighted by Gasteiger charge is 2.39. The van der Waals surface area contributed by atoms with Crippen LogP contribution in [0.5, 0.6) is 0 Å². The molecule has 2 aliphatic rings. The van der Waals surface area contributed by atoms with Gasteiger partial charge in [0.05, 0.1) is 5.57 Å². The van der Waals surface area contributed by atoms with E-state index in [1.165, 1.54) is 12.8 Å². The molecule has 0 aliphatic carbocycles. The first-order valence-corrected chi connectivity index (χ1v) is 7.80. The van der Waals surface area contributed by atoms with Gasteiger partial charge in [-0.2, -0.15) is 0 Å². The first kappa shape index (κ1) is 14.6. The minimum Gasteiger partial charge on any atom is -0.459 e. The molecule has 1 aromatic carbocycles. The second kappa shape index (κ2) is 5.82. The fourth-order valence-corrected chi connectivity index (χ4v) is 3.58. The summed E-state index contributed by atoms with van der Waals surface area (Å²) in [5.74, 6) is -0.314. The number of hydrogen-bond donors (Lipinski definition) is 0. The number of halogens is 1. The van der Waals surface area contributed by atoms with Gasteiger partial charge in [0.1, 0.15) is 6.10 Å². The van der Waals surface area contributed by atoms with Crippen molar-refractivity contribution in [1.82, 2.24) is 4.90 Å². The van der Waals surface area contributed by atoms with E-state index in [9.17, 15) is 4.79 Å². The molecule has 0 saturated carbocycles. The molecule has 2 bridgehead atoms. The third kappa shape index (κ3) is 2.99. The van der Waals surface area contributed by atoms with Crippen LogP contribution < -0.4 is 0 Å². The molecule has 3 rings (SSSR count). The maximum atomic E-state index is 12.2. The fourth-order valence-electron chi connectivity index (χ4n) is 3.45. The molecule has 2 saturated heterocycles. The largest absolute Gasteiger partial charge is 0.459 e. The molecular formula is C17H20ClNO2. The van der Waals surface area contributed by atoms with Crippen molar-refractivity contribution in [2.24, 2.45) is 0 Å². The lowest BCUT2D eigenvalue weighted by Gasteiger charge is -2.35. The van der Waals surface area contributed by atoms with Crippen molar-refractivity contribution in [2.75, 3.05) is 7.05 Å². The maximum absolute atomic E-state index is 12.2. The lowest BCUT2D eigenvalue weighted by molar-refractivity contribution is -0.145. The van der Waals surface area contributed by atoms with Gasteiger partial charge in [0.25, 0.3) is 0 Å². The van der Waals surface area contributed by atoms with E-state index in [2.05, 4.69) is 18.5 Å². The first-order chi connectivity index (χ1) is 10.0. The summed E-state index contributed by atoms with van der Waals surface area (Å²) in [6.45, 7) is 3.86. The molecule has 0 radical (unpaired) electrons. The molecule has 1 aromatic rings. The van der Waals surface area contributed by atoms with E-state index in [-0.39, 0.29) is 12.1 Å². The summed E-state index contributed by atoms with van der Waals surface area (Å²) in [6.07, 6.45) is 4.33. The Labute approximate surface area is 130 Å². The number of ether oxygens (including phenoxy) is 1. The lowest BCUT2D eigenvalue weighted by Crippen LogP contribution is -2.43. The lowest BCUT2D eigenvalue weighted by atomic mass is 10.0. The van der Waals surface area contributed by atoms with Crippen LogP contribution in [0.4, 0.5) is 0 Å². The molecule has 0 aromatic heterocycles. The van der Waals surface area contributed by atoms with Crippen molar-refractivity contribution in [3.63, 3.8) is 0 Å². The molecule has 1 unspecified atom stereocenters. The van der Waals surface area contributed by atoms with E-state index >= 15 is 0 Å². The number of nitrogens with zero attached hydrogens (tertiary/aromatic N) is 1. The summed E-state index contributed by atoms with van der Waals surface area (Å²) in [4.78, 5) is 14.7. The van der Waals surface area contributed by atoms with Gasteiger partial charge >= 0.3 is 5.97 Å². The minimum absolute atomic E-state index is 0.0234.